The summed E-state index contributed by atoms with van der Waals surface area (Å²) in [5, 5.41) is 6.10. The zero-order chi connectivity index (χ0) is 18.2. The van der Waals surface area contributed by atoms with E-state index >= 15 is 0 Å². The third-order valence-electron chi connectivity index (χ3n) is 3.33. The smallest absolute Gasteiger partial charge is 0.237 e. The zero-order valence-corrected chi connectivity index (χ0v) is 15.9. The van der Waals surface area contributed by atoms with Crippen LogP contribution in [-0.4, -0.2) is 22.8 Å². The van der Waals surface area contributed by atoms with Crippen molar-refractivity contribution in [1.29, 1.82) is 0 Å². The molecule has 2 aromatic rings. The molecule has 0 bridgehead atoms. The lowest BCUT2D eigenvalue weighted by Gasteiger charge is -2.15. The quantitative estimate of drug-likeness (QED) is 0.685. The lowest BCUT2D eigenvalue weighted by molar-refractivity contribution is -0.115. The van der Waals surface area contributed by atoms with Crippen molar-refractivity contribution in [1.82, 2.24) is 0 Å². The van der Waals surface area contributed by atoms with Gasteiger partial charge < -0.3 is 10.6 Å². The van der Waals surface area contributed by atoms with Crippen LogP contribution >= 0.6 is 35.0 Å². The van der Waals surface area contributed by atoms with Gasteiger partial charge in [0.1, 0.15) is 0 Å². The highest BCUT2D eigenvalue weighted by Gasteiger charge is 2.19. The normalized spacial score (nSPS) is 11.6. The standard InChI is InChI=1S/C18H18Cl2N2O2S/c1-2-16(18(24)22-15-9-8-12(19)10-14(15)20)25-11-17(23)21-13-6-4-3-5-7-13/h3-10,16H,2,11H2,1H3,(H,21,23)(H,22,24). The molecule has 2 amide bonds. The van der Waals surface area contributed by atoms with Crippen molar-refractivity contribution in [3.05, 3.63) is 58.6 Å². The second-order valence-electron chi connectivity index (χ2n) is 5.24. The van der Waals surface area contributed by atoms with Gasteiger partial charge in [0.2, 0.25) is 11.8 Å². The SMILES string of the molecule is CCC(SCC(=O)Nc1ccccc1)C(=O)Nc1ccc(Cl)cc1Cl. The Morgan fingerprint density at radius 1 is 1.08 bits per heavy atom. The van der Waals surface area contributed by atoms with Crippen molar-refractivity contribution < 1.29 is 9.59 Å². The predicted octanol–water partition coefficient (Wildman–Crippen LogP) is 5.08. The average molecular weight is 397 g/mol. The summed E-state index contributed by atoms with van der Waals surface area (Å²) >= 11 is 13.2. The molecule has 7 heteroatoms. The van der Waals surface area contributed by atoms with E-state index in [1.54, 1.807) is 18.2 Å². The molecule has 2 aromatic carbocycles. The van der Waals surface area contributed by atoms with E-state index in [1.165, 1.54) is 11.8 Å². The van der Waals surface area contributed by atoms with Crippen LogP contribution in [0.5, 0.6) is 0 Å². The Labute approximate surface area is 161 Å². The first-order valence-electron chi connectivity index (χ1n) is 7.72. The van der Waals surface area contributed by atoms with Crippen molar-refractivity contribution >= 4 is 58.2 Å². The van der Waals surface area contributed by atoms with Crippen LogP contribution in [-0.2, 0) is 9.59 Å². The Hall–Kier alpha value is -1.69. The van der Waals surface area contributed by atoms with Crippen LogP contribution in [0.4, 0.5) is 11.4 Å². The van der Waals surface area contributed by atoms with E-state index in [2.05, 4.69) is 10.6 Å². The van der Waals surface area contributed by atoms with Gasteiger partial charge in [0.15, 0.2) is 0 Å². The van der Waals surface area contributed by atoms with Gasteiger partial charge in [0.25, 0.3) is 0 Å². The molecule has 0 aliphatic heterocycles. The first-order chi connectivity index (χ1) is 12.0. The molecule has 0 aromatic heterocycles. The van der Waals surface area contributed by atoms with Gasteiger partial charge in [-0.1, -0.05) is 48.3 Å². The van der Waals surface area contributed by atoms with Crippen molar-refractivity contribution in [2.24, 2.45) is 0 Å². The molecule has 2 N–H and O–H groups in total. The molecular formula is C18H18Cl2N2O2S. The number of para-hydroxylation sites is 1. The number of carbonyl (C=O) groups is 2. The number of halogens is 2. The van der Waals surface area contributed by atoms with Crippen molar-refractivity contribution in [2.45, 2.75) is 18.6 Å². The fourth-order valence-corrected chi connectivity index (χ4v) is 3.40. The molecule has 0 saturated heterocycles. The zero-order valence-electron chi connectivity index (χ0n) is 13.6. The number of benzene rings is 2. The Bertz CT molecular complexity index is 741. The molecule has 0 aliphatic rings. The maximum absolute atomic E-state index is 12.4. The summed E-state index contributed by atoms with van der Waals surface area (Å²) in [5.74, 6) is -0.147. The highest BCUT2D eigenvalue weighted by molar-refractivity contribution is 8.01. The molecular weight excluding hydrogens is 379 g/mol. The van der Waals surface area contributed by atoms with E-state index in [-0.39, 0.29) is 22.8 Å². The minimum atomic E-state index is -0.353. The van der Waals surface area contributed by atoms with E-state index in [4.69, 9.17) is 23.2 Å². The molecule has 0 heterocycles. The van der Waals surface area contributed by atoms with Gasteiger partial charge in [-0.05, 0) is 36.8 Å². The van der Waals surface area contributed by atoms with Crippen LogP contribution in [0, 0.1) is 0 Å². The number of rotatable bonds is 7. The number of hydrogen-bond acceptors (Lipinski definition) is 3. The number of amides is 2. The Morgan fingerprint density at radius 3 is 2.44 bits per heavy atom. The second-order valence-corrected chi connectivity index (χ2v) is 7.27. The van der Waals surface area contributed by atoms with Crippen LogP contribution < -0.4 is 10.6 Å². The molecule has 0 fully saturated rings. The minimum absolute atomic E-state index is 0.146. The highest BCUT2D eigenvalue weighted by atomic mass is 35.5. The van der Waals surface area contributed by atoms with Crippen LogP contribution in [0.3, 0.4) is 0 Å². The molecule has 2 rings (SSSR count). The average Bonchev–Trinajstić information content (AvgIpc) is 2.59. The minimum Gasteiger partial charge on any atom is -0.325 e. The van der Waals surface area contributed by atoms with Gasteiger partial charge in [0.05, 0.1) is 21.7 Å². The van der Waals surface area contributed by atoms with Gasteiger partial charge in [-0.15, -0.1) is 11.8 Å². The summed E-state index contributed by atoms with van der Waals surface area (Å²) in [6.07, 6.45) is 0.598. The number of nitrogens with one attached hydrogen (secondary N) is 2. The van der Waals surface area contributed by atoms with Crippen LogP contribution in [0.1, 0.15) is 13.3 Å². The summed E-state index contributed by atoms with van der Waals surface area (Å²) in [7, 11) is 0. The van der Waals surface area contributed by atoms with E-state index < -0.39 is 0 Å². The fraction of sp³-hybridized carbons (Fsp3) is 0.222. The molecule has 25 heavy (non-hydrogen) atoms. The molecule has 0 spiro atoms. The molecule has 132 valence electrons. The van der Waals surface area contributed by atoms with Gasteiger partial charge in [-0.25, -0.2) is 0 Å². The van der Waals surface area contributed by atoms with Crippen LogP contribution in [0.25, 0.3) is 0 Å². The molecule has 0 radical (unpaired) electrons. The van der Waals surface area contributed by atoms with Crippen molar-refractivity contribution in [2.75, 3.05) is 16.4 Å². The first kappa shape index (κ1) is 19.6. The summed E-state index contributed by atoms with van der Waals surface area (Å²) < 4.78 is 0. The lowest BCUT2D eigenvalue weighted by atomic mass is 10.2. The third kappa shape index (κ3) is 6.27. The monoisotopic (exact) mass is 396 g/mol. The van der Waals surface area contributed by atoms with E-state index in [9.17, 15) is 9.59 Å². The Kier molecular flexibility index (Phi) is 7.62. The van der Waals surface area contributed by atoms with Gasteiger partial charge in [-0.2, -0.15) is 0 Å². The summed E-state index contributed by atoms with van der Waals surface area (Å²) in [4.78, 5) is 24.4. The van der Waals surface area contributed by atoms with Crippen LogP contribution in [0.15, 0.2) is 48.5 Å². The van der Waals surface area contributed by atoms with Gasteiger partial charge >= 0.3 is 0 Å². The summed E-state index contributed by atoms with van der Waals surface area (Å²) in [6, 6.07) is 14.1. The lowest BCUT2D eigenvalue weighted by Crippen LogP contribution is -2.27. The summed E-state index contributed by atoms with van der Waals surface area (Å²) in [5.41, 5.74) is 1.24. The topological polar surface area (TPSA) is 58.2 Å². The van der Waals surface area contributed by atoms with E-state index in [0.29, 0.717) is 22.2 Å². The predicted molar refractivity (Wildman–Crippen MR) is 107 cm³/mol. The molecule has 0 aliphatic carbocycles. The molecule has 1 atom stereocenters. The van der Waals surface area contributed by atoms with Gasteiger partial charge in [0, 0.05) is 10.7 Å². The number of thioether (sulfide) groups is 1. The third-order valence-corrected chi connectivity index (χ3v) is 5.25. The summed E-state index contributed by atoms with van der Waals surface area (Å²) in [6.45, 7) is 1.90. The largest absolute Gasteiger partial charge is 0.325 e. The number of carbonyl (C=O) groups excluding carboxylic acids is 2. The number of anilines is 2. The molecule has 1 unspecified atom stereocenters. The Balaban J connectivity index is 1.88. The van der Waals surface area contributed by atoms with Crippen molar-refractivity contribution in [3.63, 3.8) is 0 Å². The van der Waals surface area contributed by atoms with E-state index in [1.807, 2.05) is 37.3 Å². The maximum Gasteiger partial charge on any atom is 0.237 e. The van der Waals surface area contributed by atoms with E-state index in [0.717, 1.165) is 5.69 Å². The highest BCUT2D eigenvalue weighted by Crippen LogP contribution is 2.26. The molecule has 0 saturated carbocycles. The van der Waals surface area contributed by atoms with Crippen molar-refractivity contribution in [3.8, 4) is 0 Å². The number of hydrogen-bond donors (Lipinski definition) is 2. The Morgan fingerprint density at radius 2 is 1.80 bits per heavy atom. The van der Waals surface area contributed by atoms with Gasteiger partial charge in [-0.3, -0.25) is 9.59 Å². The maximum atomic E-state index is 12.4. The van der Waals surface area contributed by atoms with Crippen LogP contribution in [0.2, 0.25) is 10.0 Å². The second kappa shape index (κ2) is 9.70. The fourth-order valence-electron chi connectivity index (χ4n) is 2.08. The molecule has 4 nitrogen and oxygen atoms in total. The first-order valence-corrected chi connectivity index (χ1v) is 9.52.